The van der Waals surface area contributed by atoms with Gasteiger partial charge in [-0.2, -0.15) is 0 Å². The molecule has 0 saturated carbocycles. The molecule has 0 atom stereocenters. The number of carbonyl (C=O) groups excluding carboxylic acids is 1. The summed E-state index contributed by atoms with van der Waals surface area (Å²) in [5, 5.41) is 0.690. The van der Waals surface area contributed by atoms with Crippen LogP contribution in [0.15, 0.2) is 48.5 Å². The first-order chi connectivity index (χ1) is 10.1. The van der Waals surface area contributed by atoms with Gasteiger partial charge in [-0.05, 0) is 48.7 Å². The SMILES string of the molecule is CCCN(C(=O)Cc1ccc(Cl)cc1)c1cccc(C)c1. The first kappa shape index (κ1) is 15.6. The zero-order chi connectivity index (χ0) is 15.2. The van der Waals surface area contributed by atoms with Gasteiger partial charge >= 0.3 is 0 Å². The van der Waals surface area contributed by atoms with Crippen molar-refractivity contribution >= 4 is 23.2 Å². The minimum Gasteiger partial charge on any atom is -0.312 e. The number of anilines is 1. The van der Waals surface area contributed by atoms with Gasteiger partial charge in [-0.15, -0.1) is 0 Å². The lowest BCUT2D eigenvalue weighted by Gasteiger charge is -2.23. The average Bonchev–Trinajstić information content (AvgIpc) is 2.47. The first-order valence-corrected chi connectivity index (χ1v) is 7.59. The van der Waals surface area contributed by atoms with E-state index in [2.05, 4.69) is 13.0 Å². The Hall–Kier alpha value is -1.80. The van der Waals surface area contributed by atoms with Crippen LogP contribution in [0.25, 0.3) is 0 Å². The summed E-state index contributed by atoms with van der Waals surface area (Å²) in [5.41, 5.74) is 3.11. The van der Waals surface area contributed by atoms with E-state index in [1.807, 2.05) is 54.3 Å². The van der Waals surface area contributed by atoms with Gasteiger partial charge in [0, 0.05) is 17.3 Å². The van der Waals surface area contributed by atoms with Crippen LogP contribution in [0.4, 0.5) is 5.69 Å². The lowest BCUT2D eigenvalue weighted by molar-refractivity contribution is -0.118. The van der Waals surface area contributed by atoms with Gasteiger partial charge in [-0.1, -0.05) is 42.8 Å². The third-order valence-electron chi connectivity index (χ3n) is 3.33. The molecule has 2 rings (SSSR count). The van der Waals surface area contributed by atoms with Crippen LogP contribution in [0.1, 0.15) is 24.5 Å². The van der Waals surface area contributed by atoms with Crippen LogP contribution in [-0.2, 0) is 11.2 Å². The topological polar surface area (TPSA) is 20.3 Å². The van der Waals surface area contributed by atoms with Gasteiger partial charge in [0.25, 0.3) is 0 Å². The molecule has 0 aliphatic heterocycles. The Balaban J connectivity index is 2.17. The molecule has 0 radical (unpaired) electrons. The molecule has 2 nitrogen and oxygen atoms in total. The van der Waals surface area contributed by atoms with Crippen LogP contribution >= 0.6 is 11.6 Å². The third-order valence-corrected chi connectivity index (χ3v) is 3.58. The number of hydrogen-bond acceptors (Lipinski definition) is 1. The summed E-state index contributed by atoms with van der Waals surface area (Å²) in [7, 11) is 0. The molecule has 0 saturated heterocycles. The lowest BCUT2D eigenvalue weighted by atomic mass is 10.1. The maximum Gasteiger partial charge on any atom is 0.231 e. The van der Waals surface area contributed by atoms with E-state index in [4.69, 9.17) is 11.6 Å². The van der Waals surface area contributed by atoms with E-state index in [-0.39, 0.29) is 5.91 Å². The van der Waals surface area contributed by atoms with Crippen molar-refractivity contribution in [2.24, 2.45) is 0 Å². The number of aryl methyl sites for hydroxylation is 1. The zero-order valence-electron chi connectivity index (χ0n) is 12.5. The second kappa shape index (κ2) is 7.28. The largest absolute Gasteiger partial charge is 0.312 e. The monoisotopic (exact) mass is 301 g/mol. The van der Waals surface area contributed by atoms with Crippen LogP contribution < -0.4 is 4.90 Å². The standard InChI is InChI=1S/C18H20ClNO/c1-3-11-20(17-6-4-5-14(2)12-17)18(21)13-15-7-9-16(19)10-8-15/h4-10,12H,3,11,13H2,1-2H3. The second-order valence-electron chi connectivity index (χ2n) is 5.19. The molecule has 2 aromatic carbocycles. The summed E-state index contributed by atoms with van der Waals surface area (Å²) < 4.78 is 0. The van der Waals surface area contributed by atoms with E-state index in [0.717, 1.165) is 29.8 Å². The van der Waals surface area contributed by atoms with Gasteiger partial charge in [-0.3, -0.25) is 4.79 Å². The maximum atomic E-state index is 12.6. The van der Waals surface area contributed by atoms with Gasteiger partial charge in [0.2, 0.25) is 5.91 Å². The van der Waals surface area contributed by atoms with E-state index in [0.29, 0.717) is 11.4 Å². The number of hydrogen-bond donors (Lipinski definition) is 0. The lowest BCUT2D eigenvalue weighted by Crippen LogP contribution is -2.33. The Kier molecular flexibility index (Phi) is 5.40. The first-order valence-electron chi connectivity index (χ1n) is 7.21. The molecule has 0 N–H and O–H groups in total. The molecule has 0 spiro atoms. The van der Waals surface area contributed by atoms with Gasteiger partial charge in [0.1, 0.15) is 0 Å². The quantitative estimate of drug-likeness (QED) is 0.788. The van der Waals surface area contributed by atoms with E-state index in [1.165, 1.54) is 0 Å². The van der Waals surface area contributed by atoms with E-state index < -0.39 is 0 Å². The molecule has 3 heteroatoms. The van der Waals surface area contributed by atoms with E-state index >= 15 is 0 Å². The number of amides is 1. The fraction of sp³-hybridized carbons (Fsp3) is 0.278. The molecule has 0 heterocycles. The van der Waals surface area contributed by atoms with Crippen molar-refractivity contribution in [2.45, 2.75) is 26.7 Å². The molecule has 0 bridgehead atoms. The van der Waals surface area contributed by atoms with Crippen LogP contribution in [0, 0.1) is 6.92 Å². The van der Waals surface area contributed by atoms with Crippen molar-refractivity contribution in [3.05, 3.63) is 64.7 Å². The number of benzene rings is 2. The van der Waals surface area contributed by atoms with Gasteiger partial charge in [0.15, 0.2) is 0 Å². The molecular formula is C18H20ClNO. The summed E-state index contributed by atoms with van der Waals surface area (Å²) in [6.07, 6.45) is 1.32. The average molecular weight is 302 g/mol. The number of carbonyl (C=O) groups is 1. The molecule has 21 heavy (non-hydrogen) atoms. The molecule has 110 valence electrons. The highest BCUT2D eigenvalue weighted by atomic mass is 35.5. The van der Waals surface area contributed by atoms with E-state index in [1.54, 1.807) is 0 Å². The Morgan fingerprint density at radius 3 is 2.48 bits per heavy atom. The predicted molar refractivity (Wildman–Crippen MR) is 89.0 cm³/mol. The molecule has 0 fully saturated rings. The van der Waals surface area contributed by atoms with E-state index in [9.17, 15) is 4.79 Å². The summed E-state index contributed by atoms with van der Waals surface area (Å²) in [4.78, 5) is 14.5. The van der Waals surface area contributed by atoms with Crippen molar-refractivity contribution < 1.29 is 4.79 Å². The zero-order valence-corrected chi connectivity index (χ0v) is 13.2. The molecule has 0 aromatic heterocycles. The summed E-state index contributed by atoms with van der Waals surface area (Å²) >= 11 is 5.88. The minimum absolute atomic E-state index is 0.116. The van der Waals surface area contributed by atoms with Gasteiger partial charge < -0.3 is 4.90 Å². The summed E-state index contributed by atoms with van der Waals surface area (Å²) in [6, 6.07) is 15.5. The van der Waals surface area contributed by atoms with Crippen LogP contribution in [0.3, 0.4) is 0 Å². The highest BCUT2D eigenvalue weighted by Gasteiger charge is 2.15. The number of rotatable bonds is 5. The van der Waals surface area contributed by atoms with Crippen molar-refractivity contribution in [1.29, 1.82) is 0 Å². The maximum absolute atomic E-state index is 12.6. The summed E-state index contributed by atoms with van der Waals surface area (Å²) in [5.74, 6) is 0.116. The van der Waals surface area contributed by atoms with Crippen molar-refractivity contribution in [3.63, 3.8) is 0 Å². The van der Waals surface area contributed by atoms with Gasteiger partial charge in [0.05, 0.1) is 6.42 Å². The summed E-state index contributed by atoms with van der Waals surface area (Å²) in [6.45, 7) is 4.85. The Morgan fingerprint density at radius 1 is 1.14 bits per heavy atom. The molecule has 2 aromatic rings. The fourth-order valence-electron chi connectivity index (χ4n) is 2.29. The molecule has 0 aliphatic rings. The second-order valence-corrected chi connectivity index (χ2v) is 5.62. The van der Waals surface area contributed by atoms with Crippen molar-refractivity contribution in [1.82, 2.24) is 0 Å². The van der Waals surface area contributed by atoms with Crippen LogP contribution in [-0.4, -0.2) is 12.5 Å². The third kappa shape index (κ3) is 4.33. The molecular weight excluding hydrogens is 282 g/mol. The molecule has 0 unspecified atom stereocenters. The fourth-order valence-corrected chi connectivity index (χ4v) is 2.42. The van der Waals surface area contributed by atoms with Crippen molar-refractivity contribution in [3.8, 4) is 0 Å². The van der Waals surface area contributed by atoms with Crippen LogP contribution in [0.5, 0.6) is 0 Å². The Labute approximate surface area is 131 Å². The van der Waals surface area contributed by atoms with Crippen molar-refractivity contribution in [2.75, 3.05) is 11.4 Å². The Bertz CT molecular complexity index is 607. The Morgan fingerprint density at radius 2 is 1.86 bits per heavy atom. The highest BCUT2D eigenvalue weighted by molar-refractivity contribution is 6.30. The number of nitrogens with zero attached hydrogens (tertiary/aromatic N) is 1. The smallest absolute Gasteiger partial charge is 0.231 e. The predicted octanol–water partition coefficient (Wildman–Crippen LogP) is 4.63. The number of halogens is 1. The van der Waals surface area contributed by atoms with Crippen LogP contribution in [0.2, 0.25) is 5.02 Å². The molecule has 0 aliphatic carbocycles. The minimum atomic E-state index is 0.116. The highest BCUT2D eigenvalue weighted by Crippen LogP contribution is 2.18. The molecule has 1 amide bonds. The van der Waals surface area contributed by atoms with Gasteiger partial charge in [-0.25, -0.2) is 0 Å². The normalized spacial score (nSPS) is 10.4.